The van der Waals surface area contributed by atoms with Crippen molar-refractivity contribution in [1.29, 1.82) is 0 Å². The summed E-state index contributed by atoms with van der Waals surface area (Å²) < 4.78 is 10.7. The number of thiophene rings is 1. The fourth-order valence-electron chi connectivity index (χ4n) is 2.14. The van der Waals surface area contributed by atoms with E-state index in [2.05, 4.69) is 12.2 Å². The fourth-order valence-corrected chi connectivity index (χ4v) is 2.95. The number of carbonyl (C=O) groups is 1. The van der Waals surface area contributed by atoms with Crippen LogP contribution in [0.3, 0.4) is 0 Å². The number of rotatable bonds is 5. The predicted molar refractivity (Wildman–Crippen MR) is 79.1 cm³/mol. The molecule has 3 rings (SSSR count). The van der Waals surface area contributed by atoms with Crippen molar-refractivity contribution in [3.63, 3.8) is 0 Å². The molecule has 1 aliphatic heterocycles. The van der Waals surface area contributed by atoms with Crippen LogP contribution in [0.4, 0.5) is 0 Å². The van der Waals surface area contributed by atoms with E-state index in [-0.39, 0.29) is 12.8 Å². The van der Waals surface area contributed by atoms with Crippen molar-refractivity contribution in [2.75, 3.05) is 6.79 Å². The van der Waals surface area contributed by atoms with Crippen LogP contribution in [0.2, 0.25) is 0 Å². The third-order valence-electron chi connectivity index (χ3n) is 3.38. The van der Waals surface area contributed by atoms with Gasteiger partial charge >= 0.3 is 5.97 Å². The molecular formula is C15H15NO4S. The Balaban J connectivity index is 1.63. The average Bonchev–Trinajstić information content (AvgIpc) is 3.12. The van der Waals surface area contributed by atoms with Crippen molar-refractivity contribution in [1.82, 2.24) is 5.32 Å². The van der Waals surface area contributed by atoms with Gasteiger partial charge in [-0.25, -0.2) is 4.79 Å². The summed E-state index contributed by atoms with van der Waals surface area (Å²) in [4.78, 5) is 11.8. The van der Waals surface area contributed by atoms with E-state index in [1.165, 1.54) is 11.3 Å². The van der Waals surface area contributed by atoms with E-state index >= 15 is 0 Å². The molecule has 2 N–H and O–H groups in total. The minimum Gasteiger partial charge on any atom is -0.478 e. The van der Waals surface area contributed by atoms with Gasteiger partial charge in [0.05, 0.1) is 5.56 Å². The van der Waals surface area contributed by atoms with Crippen molar-refractivity contribution in [3.05, 3.63) is 45.6 Å². The second-order valence-corrected chi connectivity index (χ2v) is 5.82. The molecule has 2 heterocycles. The maximum Gasteiger partial charge on any atom is 0.336 e. The van der Waals surface area contributed by atoms with Crippen LogP contribution in [0.1, 0.15) is 33.8 Å². The summed E-state index contributed by atoms with van der Waals surface area (Å²) in [5.41, 5.74) is 1.45. The molecule has 0 amide bonds. The van der Waals surface area contributed by atoms with Crippen LogP contribution in [-0.2, 0) is 6.54 Å². The molecule has 21 heavy (non-hydrogen) atoms. The third kappa shape index (κ3) is 3.01. The van der Waals surface area contributed by atoms with Crippen molar-refractivity contribution >= 4 is 17.3 Å². The molecule has 0 radical (unpaired) electrons. The zero-order valence-electron chi connectivity index (χ0n) is 11.5. The SMILES string of the molecule is CC(NCc1cc(C(=O)O)cs1)c1ccc2c(c1)OCO2. The number of aromatic carboxylic acids is 1. The largest absolute Gasteiger partial charge is 0.478 e. The monoisotopic (exact) mass is 305 g/mol. The number of fused-ring (bicyclic) bond motifs is 1. The standard InChI is InChI=1S/C15H15NO4S/c1-9(10-2-3-13-14(5-10)20-8-19-13)16-6-12-4-11(7-21-12)15(17)18/h2-5,7,9,16H,6,8H2,1H3,(H,17,18). The molecule has 0 bridgehead atoms. The van der Waals surface area contributed by atoms with Gasteiger partial charge in [0.15, 0.2) is 11.5 Å². The smallest absolute Gasteiger partial charge is 0.336 e. The molecule has 1 aromatic heterocycles. The molecule has 0 spiro atoms. The lowest BCUT2D eigenvalue weighted by Crippen LogP contribution is -2.17. The lowest BCUT2D eigenvalue weighted by Gasteiger charge is -2.14. The fraction of sp³-hybridized carbons (Fsp3) is 0.267. The molecule has 5 nitrogen and oxygen atoms in total. The molecule has 1 aliphatic rings. The first-order valence-corrected chi connectivity index (χ1v) is 7.45. The van der Waals surface area contributed by atoms with Gasteiger partial charge in [-0.15, -0.1) is 11.3 Å². The Labute approximate surface area is 126 Å². The summed E-state index contributed by atoms with van der Waals surface area (Å²) in [7, 11) is 0. The number of hydrogen-bond donors (Lipinski definition) is 2. The van der Waals surface area contributed by atoms with Gasteiger partial charge in [0.2, 0.25) is 6.79 Å². The lowest BCUT2D eigenvalue weighted by molar-refractivity contribution is 0.0697. The van der Waals surface area contributed by atoms with E-state index in [1.54, 1.807) is 11.4 Å². The van der Waals surface area contributed by atoms with Gasteiger partial charge in [-0.3, -0.25) is 0 Å². The Morgan fingerprint density at radius 2 is 2.19 bits per heavy atom. The van der Waals surface area contributed by atoms with Gasteiger partial charge in [-0.05, 0) is 30.7 Å². The van der Waals surface area contributed by atoms with E-state index in [0.29, 0.717) is 12.1 Å². The van der Waals surface area contributed by atoms with Crippen molar-refractivity contribution in [2.45, 2.75) is 19.5 Å². The third-order valence-corrected chi connectivity index (χ3v) is 4.32. The molecule has 0 saturated carbocycles. The maximum absolute atomic E-state index is 10.8. The van der Waals surface area contributed by atoms with Crippen molar-refractivity contribution in [3.8, 4) is 11.5 Å². The lowest BCUT2D eigenvalue weighted by atomic mass is 10.1. The van der Waals surface area contributed by atoms with E-state index in [0.717, 1.165) is 21.9 Å². The second kappa shape index (κ2) is 5.75. The van der Waals surface area contributed by atoms with E-state index in [9.17, 15) is 4.79 Å². The highest BCUT2D eigenvalue weighted by Crippen LogP contribution is 2.34. The van der Waals surface area contributed by atoms with Crippen LogP contribution in [0, 0.1) is 0 Å². The predicted octanol–water partition coefficient (Wildman–Crippen LogP) is 3.03. The molecule has 110 valence electrons. The number of carboxylic acids is 1. The van der Waals surface area contributed by atoms with Gasteiger partial charge < -0.3 is 19.9 Å². The highest BCUT2D eigenvalue weighted by atomic mass is 32.1. The Bertz CT molecular complexity index is 667. The molecule has 0 fully saturated rings. The number of hydrogen-bond acceptors (Lipinski definition) is 5. The first-order valence-electron chi connectivity index (χ1n) is 6.57. The summed E-state index contributed by atoms with van der Waals surface area (Å²) in [5, 5.41) is 13.9. The van der Waals surface area contributed by atoms with E-state index in [1.807, 2.05) is 18.2 Å². The molecular weight excluding hydrogens is 290 g/mol. The van der Waals surface area contributed by atoms with Crippen LogP contribution < -0.4 is 14.8 Å². The number of ether oxygens (including phenoxy) is 2. The molecule has 6 heteroatoms. The van der Waals surface area contributed by atoms with Crippen LogP contribution in [0.25, 0.3) is 0 Å². The molecule has 2 aromatic rings. The summed E-state index contributed by atoms with van der Waals surface area (Å²) in [6.07, 6.45) is 0. The Morgan fingerprint density at radius 1 is 1.38 bits per heavy atom. The van der Waals surface area contributed by atoms with Gasteiger partial charge in [-0.2, -0.15) is 0 Å². The topological polar surface area (TPSA) is 67.8 Å². The number of carboxylic acid groups (broad SMARTS) is 1. The first-order chi connectivity index (χ1) is 10.1. The van der Waals surface area contributed by atoms with Gasteiger partial charge in [-0.1, -0.05) is 6.07 Å². The van der Waals surface area contributed by atoms with Crippen molar-refractivity contribution in [2.24, 2.45) is 0 Å². The normalized spacial score (nSPS) is 14.1. The zero-order valence-corrected chi connectivity index (χ0v) is 12.3. The average molecular weight is 305 g/mol. The van der Waals surface area contributed by atoms with Crippen LogP contribution in [0.5, 0.6) is 11.5 Å². The minimum atomic E-state index is -0.888. The highest BCUT2D eigenvalue weighted by molar-refractivity contribution is 7.10. The van der Waals surface area contributed by atoms with E-state index < -0.39 is 5.97 Å². The van der Waals surface area contributed by atoms with Gasteiger partial charge in [0.25, 0.3) is 0 Å². The van der Waals surface area contributed by atoms with E-state index in [4.69, 9.17) is 14.6 Å². The highest BCUT2D eigenvalue weighted by Gasteiger charge is 2.15. The summed E-state index contributed by atoms with van der Waals surface area (Å²) in [6, 6.07) is 7.71. The van der Waals surface area contributed by atoms with Crippen LogP contribution >= 0.6 is 11.3 Å². The minimum absolute atomic E-state index is 0.134. The molecule has 1 atom stereocenters. The number of nitrogens with one attached hydrogen (secondary N) is 1. The molecule has 0 aliphatic carbocycles. The summed E-state index contributed by atoms with van der Waals surface area (Å²) in [5.74, 6) is 0.655. The number of benzene rings is 1. The van der Waals surface area contributed by atoms with Crippen molar-refractivity contribution < 1.29 is 19.4 Å². The quantitative estimate of drug-likeness (QED) is 0.888. The molecule has 0 saturated heterocycles. The zero-order chi connectivity index (χ0) is 14.8. The molecule has 1 unspecified atom stereocenters. The van der Waals surface area contributed by atoms with Gasteiger partial charge in [0.1, 0.15) is 0 Å². The Hall–Kier alpha value is -2.05. The summed E-state index contributed by atoms with van der Waals surface area (Å²) >= 11 is 1.45. The first kappa shape index (κ1) is 13.9. The summed E-state index contributed by atoms with van der Waals surface area (Å²) in [6.45, 7) is 2.96. The maximum atomic E-state index is 10.8. The Morgan fingerprint density at radius 3 is 2.95 bits per heavy atom. The van der Waals surface area contributed by atoms with Crippen LogP contribution in [0.15, 0.2) is 29.6 Å². The molecule has 1 aromatic carbocycles. The second-order valence-electron chi connectivity index (χ2n) is 4.82. The van der Waals surface area contributed by atoms with Gasteiger partial charge in [0, 0.05) is 22.8 Å². The Kier molecular flexibility index (Phi) is 3.81. The van der Waals surface area contributed by atoms with Crippen LogP contribution in [-0.4, -0.2) is 17.9 Å².